The lowest BCUT2D eigenvalue weighted by Crippen LogP contribution is -2.40. The Morgan fingerprint density at radius 2 is 2.06 bits per heavy atom. The SMILES string of the molecule is COCCCCn1ccc(=O)n(CCN)c1=O. The van der Waals surface area contributed by atoms with E-state index in [1.807, 2.05) is 0 Å². The number of aromatic nitrogens is 2. The van der Waals surface area contributed by atoms with Crippen LogP contribution in [0, 0.1) is 0 Å². The van der Waals surface area contributed by atoms with Crippen LogP contribution in [0.2, 0.25) is 0 Å². The van der Waals surface area contributed by atoms with E-state index in [1.165, 1.54) is 16.8 Å². The molecule has 1 heterocycles. The molecular formula is C11H19N3O3. The monoisotopic (exact) mass is 241 g/mol. The van der Waals surface area contributed by atoms with Gasteiger partial charge in [-0.15, -0.1) is 0 Å². The smallest absolute Gasteiger partial charge is 0.331 e. The minimum atomic E-state index is -0.298. The molecule has 6 heteroatoms. The molecule has 1 aromatic rings. The number of unbranched alkanes of at least 4 members (excludes halogenated alkanes) is 1. The standard InChI is InChI=1S/C11H19N3O3/c1-17-9-3-2-6-13-7-4-10(15)14(8-5-12)11(13)16/h4,7H,2-3,5-6,8-9,12H2,1H3. The van der Waals surface area contributed by atoms with Gasteiger partial charge < -0.3 is 15.0 Å². The van der Waals surface area contributed by atoms with Crippen molar-refractivity contribution >= 4 is 0 Å². The van der Waals surface area contributed by atoms with Gasteiger partial charge in [0.2, 0.25) is 0 Å². The van der Waals surface area contributed by atoms with Crippen molar-refractivity contribution in [2.24, 2.45) is 5.73 Å². The van der Waals surface area contributed by atoms with Crippen LogP contribution in [0.15, 0.2) is 21.9 Å². The third kappa shape index (κ3) is 3.83. The molecule has 0 aliphatic carbocycles. The highest BCUT2D eigenvalue weighted by molar-refractivity contribution is 4.86. The van der Waals surface area contributed by atoms with E-state index < -0.39 is 0 Å². The maximum Gasteiger partial charge on any atom is 0.331 e. The Balaban J connectivity index is 2.76. The number of ether oxygens (including phenoxy) is 1. The molecule has 0 unspecified atom stereocenters. The minimum Gasteiger partial charge on any atom is -0.385 e. The lowest BCUT2D eigenvalue weighted by Gasteiger charge is -2.08. The summed E-state index contributed by atoms with van der Waals surface area (Å²) >= 11 is 0. The zero-order valence-corrected chi connectivity index (χ0v) is 10.1. The van der Waals surface area contributed by atoms with E-state index in [0.29, 0.717) is 13.2 Å². The number of rotatable bonds is 7. The number of nitrogens with two attached hydrogens (primary N) is 1. The van der Waals surface area contributed by atoms with Gasteiger partial charge in [0, 0.05) is 45.6 Å². The van der Waals surface area contributed by atoms with Crippen molar-refractivity contribution in [2.75, 3.05) is 20.3 Å². The van der Waals surface area contributed by atoms with Gasteiger partial charge in [0.25, 0.3) is 5.56 Å². The second-order valence-corrected chi connectivity index (χ2v) is 3.77. The fourth-order valence-corrected chi connectivity index (χ4v) is 1.59. The Morgan fingerprint density at radius 1 is 1.29 bits per heavy atom. The summed E-state index contributed by atoms with van der Waals surface area (Å²) in [6.07, 6.45) is 3.26. The van der Waals surface area contributed by atoms with Crippen LogP contribution in [-0.4, -0.2) is 29.4 Å². The molecule has 0 aliphatic heterocycles. The van der Waals surface area contributed by atoms with Gasteiger partial charge in [-0.3, -0.25) is 9.36 Å². The van der Waals surface area contributed by atoms with E-state index in [4.69, 9.17) is 10.5 Å². The Bertz CT molecular complexity index is 450. The maximum absolute atomic E-state index is 11.9. The first-order valence-electron chi connectivity index (χ1n) is 5.70. The first-order valence-corrected chi connectivity index (χ1v) is 5.70. The summed E-state index contributed by atoms with van der Waals surface area (Å²) in [4.78, 5) is 23.3. The van der Waals surface area contributed by atoms with Crippen LogP contribution in [0.1, 0.15) is 12.8 Å². The molecule has 2 N–H and O–H groups in total. The highest BCUT2D eigenvalue weighted by atomic mass is 16.5. The van der Waals surface area contributed by atoms with Crippen molar-refractivity contribution < 1.29 is 4.74 Å². The molecule has 96 valence electrons. The van der Waals surface area contributed by atoms with Crippen molar-refractivity contribution in [3.05, 3.63) is 33.1 Å². The van der Waals surface area contributed by atoms with Crippen LogP contribution in [0.5, 0.6) is 0 Å². The van der Waals surface area contributed by atoms with Crippen LogP contribution in [0.3, 0.4) is 0 Å². The Kier molecular flexibility index (Phi) is 5.65. The van der Waals surface area contributed by atoms with Crippen molar-refractivity contribution in [3.63, 3.8) is 0 Å². The normalized spacial score (nSPS) is 10.7. The zero-order valence-electron chi connectivity index (χ0n) is 10.1. The molecule has 17 heavy (non-hydrogen) atoms. The van der Waals surface area contributed by atoms with E-state index in [2.05, 4.69) is 0 Å². The first kappa shape index (κ1) is 13.7. The molecule has 0 atom stereocenters. The molecule has 6 nitrogen and oxygen atoms in total. The molecule has 0 fully saturated rings. The zero-order chi connectivity index (χ0) is 12.7. The molecule has 1 rings (SSSR count). The summed E-state index contributed by atoms with van der Waals surface area (Å²) in [5.41, 5.74) is 4.77. The van der Waals surface area contributed by atoms with Gasteiger partial charge in [-0.25, -0.2) is 4.79 Å². The predicted octanol–water partition coefficient (Wildman–Crippen LogP) is -0.605. The summed E-state index contributed by atoms with van der Waals surface area (Å²) in [5, 5.41) is 0. The third-order valence-corrected chi connectivity index (χ3v) is 2.49. The Labute approximate surface area is 99.6 Å². The van der Waals surface area contributed by atoms with E-state index in [-0.39, 0.29) is 24.3 Å². The molecule has 0 aromatic carbocycles. The lowest BCUT2D eigenvalue weighted by atomic mass is 10.3. The summed E-state index contributed by atoms with van der Waals surface area (Å²) in [6, 6.07) is 1.40. The maximum atomic E-state index is 11.9. The van der Waals surface area contributed by atoms with Gasteiger partial charge in [0.05, 0.1) is 0 Å². The van der Waals surface area contributed by atoms with Crippen LogP contribution in [0.25, 0.3) is 0 Å². The third-order valence-electron chi connectivity index (χ3n) is 2.49. The highest BCUT2D eigenvalue weighted by Crippen LogP contribution is 1.92. The lowest BCUT2D eigenvalue weighted by molar-refractivity contribution is 0.191. The van der Waals surface area contributed by atoms with Gasteiger partial charge in [-0.05, 0) is 12.8 Å². The van der Waals surface area contributed by atoms with Crippen LogP contribution in [0.4, 0.5) is 0 Å². The highest BCUT2D eigenvalue weighted by Gasteiger charge is 2.03. The van der Waals surface area contributed by atoms with E-state index in [9.17, 15) is 9.59 Å². The van der Waals surface area contributed by atoms with Gasteiger partial charge in [-0.1, -0.05) is 0 Å². The number of aryl methyl sites for hydroxylation is 1. The van der Waals surface area contributed by atoms with Crippen molar-refractivity contribution in [1.29, 1.82) is 0 Å². The molecule has 0 bridgehead atoms. The number of hydrogen-bond donors (Lipinski definition) is 1. The number of hydrogen-bond acceptors (Lipinski definition) is 4. The molecule has 0 aliphatic rings. The number of nitrogens with zero attached hydrogens (tertiary/aromatic N) is 2. The first-order chi connectivity index (χ1) is 8.20. The van der Waals surface area contributed by atoms with Gasteiger partial charge in [0.15, 0.2) is 0 Å². The van der Waals surface area contributed by atoms with E-state index in [0.717, 1.165) is 17.4 Å². The second-order valence-electron chi connectivity index (χ2n) is 3.77. The summed E-state index contributed by atoms with van der Waals surface area (Å²) in [5.74, 6) is 0. The van der Waals surface area contributed by atoms with Crippen LogP contribution >= 0.6 is 0 Å². The van der Waals surface area contributed by atoms with Crippen LogP contribution in [-0.2, 0) is 17.8 Å². The Hall–Kier alpha value is -1.40. The molecule has 0 spiro atoms. The fraction of sp³-hybridized carbons (Fsp3) is 0.636. The van der Waals surface area contributed by atoms with Gasteiger partial charge >= 0.3 is 5.69 Å². The average Bonchev–Trinajstić information content (AvgIpc) is 2.32. The number of methoxy groups -OCH3 is 1. The molecular weight excluding hydrogens is 222 g/mol. The topological polar surface area (TPSA) is 79.2 Å². The van der Waals surface area contributed by atoms with Gasteiger partial charge in [0.1, 0.15) is 0 Å². The molecule has 0 amide bonds. The molecule has 0 saturated heterocycles. The minimum absolute atomic E-state index is 0.260. The molecule has 0 saturated carbocycles. The summed E-state index contributed by atoms with van der Waals surface area (Å²) < 4.78 is 7.63. The predicted molar refractivity (Wildman–Crippen MR) is 65.1 cm³/mol. The van der Waals surface area contributed by atoms with Crippen molar-refractivity contribution in [3.8, 4) is 0 Å². The quantitative estimate of drug-likeness (QED) is 0.646. The largest absolute Gasteiger partial charge is 0.385 e. The summed E-state index contributed by atoms with van der Waals surface area (Å²) in [6.45, 7) is 1.81. The van der Waals surface area contributed by atoms with E-state index in [1.54, 1.807) is 7.11 Å². The van der Waals surface area contributed by atoms with Crippen molar-refractivity contribution in [1.82, 2.24) is 9.13 Å². The van der Waals surface area contributed by atoms with Gasteiger partial charge in [-0.2, -0.15) is 0 Å². The fourth-order valence-electron chi connectivity index (χ4n) is 1.59. The molecule has 0 radical (unpaired) electrons. The summed E-state index contributed by atoms with van der Waals surface area (Å²) in [7, 11) is 1.65. The molecule has 1 aromatic heterocycles. The Morgan fingerprint density at radius 3 is 2.71 bits per heavy atom. The average molecular weight is 241 g/mol. The second kappa shape index (κ2) is 7.03. The van der Waals surface area contributed by atoms with E-state index >= 15 is 0 Å². The van der Waals surface area contributed by atoms with Crippen molar-refractivity contribution in [2.45, 2.75) is 25.9 Å². The van der Waals surface area contributed by atoms with Crippen LogP contribution < -0.4 is 17.0 Å².